The van der Waals surface area contributed by atoms with Crippen LogP contribution >= 0.6 is 27.3 Å². The average Bonchev–Trinajstić information content (AvgIpc) is 3.06. The van der Waals surface area contributed by atoms with Crippen LogP contribution in [0.4, 0.5) is 10.8 Å². The molecule has 6 nitrogen and oxygen atoms in total. The normalized spacial score (nSPS) is 14.7. The van der Waals surface area contributed by atoms with E-state index in [2.05, 4.69) is 36.1 Å². The molecular weight excluding hydrogens is 404 g/mol. The lowest BCUT2D eigenvalue weighted by Gasteiger charge is -2.25. The Morgan fingerprint density at radius 3 is 2.88 bits per heavy atom. The second-order valence-corrected chi connectivity index (χ2v) is 7.55. The number of halogens is 1. The van der Waals surface area contributed by atoms with Gasteiger partial charge < -0.3 is 15.0 Å². The highest BCUT2D eigenvalue weighted by atomic mass is 79.9. The fourth-order valence-corrected chi connectivity index (χ4v) is 4.04. The summed E-state index contributed by atoms with van der Waals surface area (Å²) in [6.07, 6.45) is 3.19. The maximum atomic E-state index is 12.3. The van der Waals surface area contributed by atoms with E-state index in [0.717, 1.165) is 51.8 Å². The maximum absolute atomic E-state index is 12.3. The molecule has 1 N–H and O–H groups in total. The molecule has 0 unspecified atom stereocenters. The van der Waals surface area contributed by atoms with Crippen LogP contribution < -0.4 is 10.2 Å². The number of ether oxygens (including phenoxy) is 1. The van der Waals surface area contributed by atoms with Gasteiger partial charge in [-0.15, -0.1) is 0 Å². The van der Waals surface area contributed by atoms with Gasteiger partial charge in [-0.3, -0.25) is 9.78 Å². The largest absolute Gasteiger partial charge is 0.378 e. The number of anilines is 2. The molecule has 1 aliphatic heterocycles. The van der Waals surface area contributed by atoms with E-state index >= 15 is 0 Å². The third kappa shape index (κ3) is 3.65. The fraction of sp³-hybridized carbons (Fsp3) is 0.235. The number of benzene rings is 1. The number of nitrogens with one attached hydrogen (secondary N) is 1. The second-order valence-electron chi connectivity index (χ2n) is 5.62. The van der Waals surface area contributed by atoms with Gasteiger partial charge in [-0.05, 0) is 40.2 Å². The third-order valence-electron chi connectivity index (χ3n) is 3.88. The predicted octanol–water partition coefficient (Wildman–Crippen LogP) is 3.54. The molecule has 1 fully saturated rings. The van der Waals surface area contributed by atoms with Crippen LogP contribution in [0.2, 0.25) is 0 Å². The Hall–Kier alpha value is -2.03. The Bertz CT molecular complexity index is 924. The molecule has 0 radical (unpaired) electrons. The van der Waals surface area contributed by atoms with Crippen molar-refractivity contribution in [1.82, 2.24) is 9.97 Å². The van der Waals surface area contributed by atoms with E-state index in [1.165, 1.54) is 0 Å². The molecule has 3 aromatic rings. The Morgan fingerprint density at radius 1 is 1.24 bits per heavy atom. The lowest BCUT2D eigenvalue weighted by Crippen LogP contribution is -2.36. The number of amides is 1. The average molecular weight is 419 g/mol. The zero-order chi connectivity index (χ0) is 17.2. The first-order valence-electron chi connectivity index (χ1n) is 7.84. The number of fused-ring (bicyclic) bond motifs is 1. The van der Waals surface area contributed by atoms with E-state index < -0.39 is 0 Å². The molecule has 8 heteroatoms. The number of carbonyl (C=O) groups is 1. The lowest BCUT2D eigenvalue weighted by molar-refractivity contribution is 0.102. The van der Waals surface area contributed by atoms with E-state index in [1.807, 2.05) is 18.2 Å². The van der Waals surface area contributed by atoms with Gasteiger partial charge in [-0.2, -0.15) is 0 Å². The molecule has 0 spiro atoms. The number of thiazole rings is 1. The SMILES string of the molecule is O=C(Nc1ccc2nc(N3CCOCC3)sc2c1)c1cncc(Br)c1. The van der Waals surface area contributed by atoms with Crippen LogP contribution in [-0.2, 0) is 4.74 Å². The molecule has 0 bridgehead atoms. The summed E-state index contributed by atoms with van der Waals surface area (Å²) in [4.78, 5) is 23.3. The number of hydrogen-bond donors (Lipinski definition) is 1. The minimum Gasteiger partial charge on any atom is -0.378 e. The summed E-state index contributed by atoms with van der Waals surface area (Å²) in [5.41, 5.74) is 2.19. The summed E-state index contributed by atoms with van der Waals surface area (Å²) in [6.45, 7) is 3.19. The maximum Gasteiger partial charge on any atom is 0.257 e. The first kappa shape index (κ1) is 16.4. The van der Waals surface area contributed by atoms with Crippen molar-refractivity contribution in [3.8, 4) is 0 Å². The molecule has 1 amide bonds. The van der Waals surface area contributed by atoms with Crippen LogP contribution in [0.1, 0.15) is 10.4 Å². The fourth-order valence-electron chi connectivity index (χ4n) is 2.62. The molecule has 128 valence electrons. The van der Waals surface area contributed by atoms with Crippen LogP contribution in [0.15, 0.2) is 41.1 Å². The number of pyridine rings is 1. The smallest absolute Gasteiger partial charge is 0.257 e. The van der Waals surface area contributed by atoms with Crippen molar-refractivity contribution in [1.29, 1.82) is 0 Å². The van der Waals surface area contributed by atoms with Crippen molar-refractivity contribution >= 4 is 54.2 Å². The molecule has 0 aliphatic carbocycles. The summed E-state index contributed by atoms with van der Waals surface area (Å²) in [7, 11) is 0. The van der Waals surface area contributed by atoms with Crippen molar-refractivity contribution in [3.63, 3.8) is 0 Å². The standard InChI is InChI=1S/C17H15BrN4O2S/c18-12-7-11(9-19-10-12)16(23)20-13-1-2-14-15(8-13)25-17(21-14)22-3-5-24-6-4-22/h1-2,7-10H,3-6H2,(H,20,23). The minimum atomic E-state index is -0.189. The summed E-state index contributed by atoms with van der Waals surface area (Å²) < 4.78 is 7.21. The van der Waals surface area contributed by atoms with Crippen molar-refractivity contribution in [2.24, 2.45) is 0 Å². The van der Waals surface area contributed by atoms with Gasteiger partial charge in [0.1, 0.15) is 0 Å². The van der Waals surface area contributed by atoms with Gasteiger partial charge in [0.25, 0.3) is 5.91 Å². The van der Waals surface area contributed by atoms with Crippen LogP contribution in [0.3, 0.4) is 0 Å². The van der Waals surface area contributed by atoms with E-state index in [1.54, 1.807) is 29.8 Å². The van der Waals surface area contributed by atoms with Crippen LogP contribution in [0.25, 0.3) is 10.2 Å². The number of hydrogen-bond acceptors (Lipinski definition) is 6. The van der Waals surface area contributed by atoms with Crippen molar-refractivity contribution < 1.29 is 9.53 Å². The predicted molar refractivity (Wildman–Crippen MR) is 103 cm³/mol. The molecule has 1 saturated heterocycles. The van der Waals surface area contributed by atoms with Gasteiger partial charge in [-0.25, -0.2) is 4.98 Å². The first-order chi connectivity index (χ1) is 12.2. The number of aromatic nitrogens is 2. The van der Waals surface area contributed by atoms with Crippen LogP contribution in [-0.4, -0.2) is 42.2 Å². The summed E-state index contributed by atoms with van der Waals surface area (Å²) in [5, 5.41) is 3.91. The Balaban J connectivity index is 1.55. The molecule has 25 heavy (non-hydrogen) atoms. The number of morpholine rings is 1. The van der Waals surface area contributed by atoms with Gasteiger partial charge in [0.05, 0.1) is 29.0 Å². The molecule has 4 rings (SSSR count). The van der Waals surface area contributed by atoms with E-state index in [4.69, 9.17) is 4.74 Å². The summed E-state index contributed by atoms with van der Waals surface area (Å²) >= 11 is 4.96. The highest BCUT2D eigenvalue weighted by Crippen LogP contribution is 2.31. The van der Waals surface area contributed by atoms with Gasteiger partial charge in [0.2, 0.25) is 0 Å². The monoisotopic (exact) mass is 418 g/mol. The molecule has 0 atom stereocenters. The highest BCUT2D eigenvalue weighted by Gasteiger charge is 2.16. The summed E-state index contributed by atoms with van der Waals surface area (Å²) in [5.74, 6) is -0.189. The van der Waals surface area contributed by atoms with E-state index in [-0.39, 0.29) is 5.91 Å². The Morgan fingerprint density at radius 2 is 2.08 bits per heavy atom. The van der Waals surface area contributed by atoms with Crippen LogP contribution in [0.5, 0.6) is 0 Å². The molecule has 3 heterocycles. The van der Waals surface area contributed by atoms with E-state index in [0.29, 0.717) is 5.56 Å². The molecular formula is C17H15BrN4O2S. The van der Waals surface area contributed by atoms with Crippen LogP contribution in [0, 0.1) is 0 Å². The minimum absolute atomic E-state index is 0.189. The summed E-state index contributed by atoms with van der Waals surface area (Å²) in [6, 6.07) is 7.50. The van der Waals surface area contributed by atoms with Gasteiger partial charge in [0, 0.05) is 35.6 Å². The lowest BCUT2D eigenvalue weighted by atomic mass is 10.2. The van der Waals surface area contributed by atoms with Crippen molar-refractivity contribution in [3.05, 3.63) is 46.7 Å². The first-order valence-corrected chi connectivity index (χ1v) is 9.45. The topological polar surface area (TPSA) is 67.4 Å². The number of carbonyl (C=O) groups excluding carboxylic acids is 1. The van der Waals surface area contributed by atoms with E-state index in [9.17, 15) is 4.79 Å². The molecule has 1 aromatic carbocycles. The van der Waals surface area contributed by atoms with Crippen molar-refractivity contribution in [2.45, 2.75) is 0 Å². The second kappa shape index (κ2) is 7.07. The molecule has 0 saturated carbocycles. The zero-order valence-electron chi connectivity index (χ0n) is 13.2. The van der Waals surface area contributed by atoms with Crippen molar-refractivity contribution in [2.75, 3.05) is 36.5 Å². The Labute approximate surface area is 157 Å². The Kier molecular flexibility index (Phi) is 4.65. The molecule has 2 aromatic heterocycles. The zero-order valence-corrected chi connectivity index (χ0v) is 15.6. The van der Waals surface area contributed by atoms with Gasteiger partial charge in [0.15, 0.2) is 5.13 Å². The molecule has 1 aliphatic rings. The number of rotatable bonds is 3. The highest BCUT2D eigenvalue weighted by molar-refractivity contribution is 9.10. The third-order valence-corrected chi connectivity index (χ3v) is 5.40. The van der Waals surface area contributed by atoms with Gasteiger partial charge >= 0.3 is 0 Å². The quantitative estimate of drug-likeness (QED) is 0.704. The number of nitrogens with zero attached hydrogens (tertiary/aromatic N) is 3. The van der Waals surface area contributed by atoms with Gasteiger partial charge in [-0.1, -0.05) is 11.3 Å².